The van der Waals surface area contributed by atoms with E-state index in [0.717, 1.165) is 33.0 Å². The van der Waals surface area contributed by atoms with E-state index in [2.05, 4.69) is 5.32 Å². The number of carbonyl (C=O) groups is 1. The lowest BCUT2D eigenvalue weighted by Gasteiger charge is -2.12. The number of rotatable bonds is 3. The number of benzene rings is 4. The molecular formula is C22H17NO2. The Kier molecular flexibility index (Phi) is 3.82. The summed E-state index contributed by atoms with van der Waals surface area (Å²) < 4.78 is 5.41. The summed E-state index contributed by atoms with van der Waals surface area (Å²) in [6, 6.07) is 25.4. The van der Waals surface area contributed by atoms with Crippen LogP contribution in [0.25, 0.3) is 21.5 Å². The van der Waals surface area contributed by atoms with Crippen molar-refractivity contribution in [3.8, 4) is 5.75 Å². The van der Waals surface area contributed by atoms with Gasteiger partial charge in [-0.05, 0) is 35.0 Å². The van der Waals surface area contributed by atoms with E-state index in [9.17, 15) is 4.79 Å². The van der Waals surface area contributed by atoms with E-state index in [4.69, 9.17) is 4.74 Å². The SMILES string of the molecule is COc1ccc(NC(=O)c2ccc3ccccc3c2)c2ccccc12. The first-order valence-corrected chi connectivity index (χ1v) is 8.12. The molecule has 0 saturated heterocycles. The molecule has 0 aliphatic heterocycles. The largest absolute Gasteiger partial charge is 0.496 e. The van der Waals surface area contributed by atoms with Crippen LogP contribution in [0.5, 0.6) is 5.75 Å². The van der Waals surface area contributed by atoms with Gasteiger partial charge in [-0.1, -0.05) is 54.6 Å². The molecule has 122 valence electrons. The zero-order chi connectivity index (χ0) is 17.2. The number of ether oxygens (including phenoxy) is 1. The third-order valence-corrected chi connectivity index (χ3v) is 4.36. The molecule has 0 atom stereocenters. The van der Waals surface area contributed by atoms with Crippen molar-refractivity contribution in [1.82, 2.24) is 0 Å². The summed E-state index contributed by atoms with van der Waals surface area (Å²) in [5, 5.41) is 7.12. The fourth-order valence-corrected chi connectivity index (χ4v) is 3.08. The van der Waals surface area contributed by atoms with Crippen molar-refractivity contribution in [3.05, 3.63) is 84.4 Å². The Morgan fingerprint density at radius 1 is 0.800 bits per heavy atom. The molecule has 3 heteroatoms. The normalized spacial score (nSPS) is 10.8. The summed E-state index contributed by atoms with van der Waals surface area (Å²) >= 11 is 0. The fourth-order valence-electron chi connectivity index (χ4n) is 3.08. The predicted octanol–water partition coefficient (Wildman–Crippen LogP) is 5.25. The van der Waals surface area contributed by atoms with Crippen LogP contribution in [0.15, 0.2) is 78.9 Å². The van der Waals surface area contributed by atoms with Gasteiger partial charge in [0.15, 0.2) is 0 Å². The second-order valence-corrected chi connectivity index (χ2v) is 5.88. The van der Waals surface area contributed by atoms with Crippen molar-refractivity contribution in [1.29, 1.82) is 0 Å². The molecular weight excluding hydrogens is 310 g/mol. The van der Waals surface area contributed by atoms with Crippen molar-refractivity contribution in [3.63, 3.8) is 0 Å². The molecule has 0 heterocycles. The minimum Gasteiger partial charge on any atom is -0.496 e. The fraction of sp³-hybridized carbons (Fsp3) is 0.0455. The summed E-state index contributed by atoms with van der Waals surface area (Å²) in [6.07, 6.45) is 0. The van der Waals surface area contributed by atoms with E-state index < -0.39 is 0 Å². The van der Waals surface area contributed by atoms with Crippen LogP contribution in [0, 0.1) is 0 Å². The number of hydrogen-bond acceptors (Lipinski definition) is 2. The summed E-state index contributed by atoms with van der Waals surface area (Å²) in [5.41, 5.74) is 1.41. The average molecular weight is 327 g/mol. The number of carbonyl (C=O) groups excluding carboxylic acids is 1. The Morgan fingerprint density at radius 3 is 2.32 bits per heavy atom. The van der Waals surface area contributed by atoms with Gasteiger partial charge in [-0.3, -0.25) is 4.79 Å². The van der Waals surface area contributed by atoms with E-state index in [1.54, 1.807) is 7.11 Å². The molecule has 25 heavy (non-hydrogen) atoms. The van der Waals surface area contributed by atoms with E-state index in [-0.39, 0.29) is 5.91 Å². The lowest BCUT2D eigenvalue weighted by atomic mass is 10.1. The molecule has 0 aliphatic rings. The third kappa shape index (κ3) is 2.81. The monoisotopic (exact) mass is 327 g/mol. The molecule has 0 radical (unpaired) electrons. The van der Waals surface area contributed by atoms with Gasteiger partial charge in [-0.15, -0.1) is 0 Å². The third-order valence-electron chi connectivity index (χ3n) is 4.36. The zero-order valence-corrected chi connectivity index (χ0v) is 13.8. The van der Waals surface area contributed by atoms with Crippen LogP contribution in [-0.4, -0.2) is 13.0 Å². The molecule has 0 unspecified atom stereocenters. The lowest BCUT2D eigenvalue weighted by Crippen LogP contribution is -2.12. The van der Waals surface area contributed by atoms with E-state index >= 15 is 0 Å². The van der Waals surface area contributed by atoms with Crippen molar-refractivity contribution in [2.45, 2.75) is 0 Å². The molecule has 3 nitrogen and oxygen atoms in total. The van der Waals surface area contributed by atoms with Crippen LogP contribution in [-0.2, 0) is 0 Å². The smallest absolute Gasteiger partial charge is 0.255 e. The van der Waals surface area contributed by atoms with Crippen LogP contribution < -0.4 is 10.1 Å². The van der Waals surface area contributed by atoms with Crippen LogP contribution in [0.4, 0.5) is 5.69 Å². The van der Waals surface area contributed by atoms with Gasteiger partial charge < -0.3 is 10.1 Å². The molecule has 0 fully saturated rings. The van der Waals surface area contributed by atoms with Crippen molar-refractivity contribution < 1.29 is 9.53 Å². The maximum atomic E-state index is 12.7. The Balaban J connectivity index is 1.71. The second kappa shape index (κ2) is 6.29. The van der Waals surface area contributed by atoms with Crippen molar-refractivity contribution in [2.24, 2.45) is 0 Å². The molecule has 1 amide bonds. The van der Waals surface area contributed by atoms with Gasteiger partial charge in [0.25, 0.3) is 5.91 Å². The number of methoxy groups -OCH3 is 1. The number of anilines is 1. The minimum absolute atomic E-state index is 0.124. The second-order valence-electron chi connectivity index (χ2n) is 5.88. The molecule has 0 aliphatic carbocycles. The molecule has 0 bridgehead atoms. The van der Waals surface area contributed by atoms with E-state index in [0.29, 0.717) is 5.56 Å². The number of fused-ring (bicyclic) bond motifs is 2. The van der Waals surface area contributed by atoms with Crippen LogP contribution in [0.2, 0.25) is 0 Å². The van der Waals surface area contributed by atoms with Crippen LogP contribution in [0.3, 0.4) is 0 Å². The van der Waals surface area contributed by atoms with Gasteiger partial charge in [0.1, 0.15) is 5.75 Å². The maximum Gasteiger partial charge on any atom is 0.255 e. The van der Waals surface area contributed by atoms with Gasteiger partial charge in [0, 0.05) is 22.0 Å². The first kappa shape index (κ1) is 15.2. The Labute approximate surface area is 145 Å². The Hall–Kier alpha value is -3.33. The van der Waals surface area contributed by atoms with Crippen LogP contribution in [0.1, 0.15) is 10.4 Å². The molecule has 0 saturated carbocycles. The summed E-state index contributed by atoms with van der Waals surface area (Å²) in [7, 11) is 1.65. The average Bonchev–Trinajstić information content (AvgIpc) is 2.68. The molecule has 0 aromatic heterocycles. The summed E-state index contributed by atoms with van der Waals surface area (Å²) in [4.78, 5) is 12.7. The summed E-state index contributed by atoms with van der Waals surface area (Å²) in [6.45, 7) is 0. The van der Waals surface area contributed by atoms with E-state index in [1.165, 1.54) is 0 Å². The van der Waals surface area contributed by atoms with Crippen LogP contribution >= 0.6 is 0 Å². The molecule has 4 aromatic carbocycles. The number of nitrogens with one attached hydrogen (secondary N) is 1. The predicted molar refractivity (Wildman–Crippen MR) is 102 cm³/mol. The minimum atomic E-state index is -0.124. The van der Waals surface area contributed by atoms with Gasteiger partial charge in [-0.2, -0.15) is 0 Å². The van der Waals surface area contributed by atoms with Gasteiger partial charge in [0.05, 0.1) is 7.11 Å². The highest BCUT2D eigenvalue weighted by Gasteiger charge is 2.11. The topological polar surface area (TPSA) is 38.3 Å². The van der Waals surface area contributed by atoms with E-state index in [1.807, 2.05) is 78.9 Å². The first-order valence-electron chi connectivity index (χ1n) is 8.12. The van der Waals surface area contributed by atoms with Gasteiger partial charge >= 0.3 is 0 Å². The molecule has 4 rings (SSSR count). The maximum absolute atomic E-state index is 12.7. The van der Waals surface area contributed by atoms with Crippen molar-refractivity contribution in [2.75, 3.05) is 12.4 Å². The first-order chi connectivity index (χ1) is 12.3. The molecule has 4 aromatic rings. The molecule has 0 spiro atoms. The van der Waals surface area contributed by atoms with Gasteiger partial charge in [0.2, 0.25) is 0 Å². The standard InChI is InChI=1S/C22H17NO2/c1-25-21-13-12-20(18-8-4-5-9-19(18)21)23-22(24)17-11-10-15-6-2-3-7-16(15)14-17/h2-14H,1H3,(H,23,24). The lowest BCUT2D eigenvalue weighted by molar-refractivity contribution is 0.102. The number of amides is 1. The number of hydrogen-bond donors (Lipinski definition) is 1. The highest BCUT2D eigenvalue weighted by atomic mass is 16.5. The van der Waals surface area contributed by atoms with Crippen molar-refractivity contribution >= 4 is 33.1 Å². The Bertz CT molecular complexity index is 1090. The highest BCUT2D eigenvalue weighted by Crippen LogP contribution is 2.31. The molecule has 1 N–H and O–H groups in total. The quantitative estimate of drug-likeness (QED) is 0.558. The summed E-state index contributed by atoms with van der Waals surface area (Å²) in [5.74, 6) is 0.667. The van der Waals surface area contributed by atoms with Gasteiger partial charge in [-0.25, -0.2) is 0 Å². The highest BCUT2D eigenvalue weighted by molar-refractivity contribution is 6.11. The zero-order valence-electron chi connectivity index (χ0n) is 13.8. The Morgan fingerprint density at radius 2 is 1.52 bits per heavy atom.